The monoisotopic (exact) mass is 300 g/mol. The van der Waals surface area contributed by atoms with Crippen LogP contribution in [0.15, 0.2) is 0 Å². The summed E-state index contributed by atoms with van der Waals surface area (Å²) >= 11 is 0. The van der Waals surface area contributed by atoms with Crippen LogP contribution in [0.1, 0.15) is 52.4 Å². The minimum atomic E-state index is -1.25. The zero-order valence-electron chi connectivity index (χ0n) is 13.0. The largest absolute Gasteiger partial charge is 0.396 e. The average Bonchev–Trinajstić information content (AvgIpc) is 2.95. The van der Waals surface area contributed by atoms with Crippen molar-refractivity contribution < 1.29 is 19.8 Å². The molecule has 0 radical (unpaired) electrons. The molecule has 0 saturated heterocycles. The summed E-state index contributed by atoms with van der Waals surface area (Å²) in [5.74, 6) is -0.488. The van der Waals surface area contributed by atoms with Gasteiger partial charge in [-0.25, -0.2) is 0 Å². The molecule has 1 atom stereocenters. The Balaban J connectivity index is 2.15. The van der Waals surface area contributed by atoms with Crippen LogP contribution in [-0.2, 0) is 9.59 Å². The van der Waals surface area contributed by atoms with Crippen molar-refractivity contribution in [2.75, 3.05) is 13.2 Å². The Hall–Kier alpha value is -1.14. The Morgan fingerprint density at radius 3 is 2.48 bits per heavy atom. The zero-order chi connectivity index (χ0) is 15.9. The summed E-state index contributed by atoms with van der Waals surface area (Å²) in [4.78, 5) is 23.4. The van der Waals surface area contributed by atoms with Gasteiger partial charge in [-0.1, -0.05) is 26.7 Å². The molecule has 4 N–H and O–H groups in total. The SMILES string of the molecule is CC(C)(CO)[C@@H](O)C(=O)NCCCC(=O)NC1CCCC1. The van der Waals surface area contributed by atoms with Crippen LogP contribution in [0.5, 0.6) is 0 Å². The number of carbonyl (C=O) groups is 2. The molecule has 2 amide bonds. The third-order valence-electron chi connectivity index (χ3n) is 4.00. The molecule has 6 nitrogen and oxygen atoms in total. The van der Waals surface area contributed by atoms with E-state index in [4.69, 9.17) is 5.11 Å². The maximum Gasteiger partial charge on any atom is 0.249 e. The summed E-state index contributed by atoms with van der Waals surface area (Å²) in [5, 5.41) is 24.5. The van der Waals surface area contributed by atoms with Crippen molar-refractivity contribution in [3.63, 3.8) is 0 Å². The van der Waals surface area contributed by atoms with E-state index in [1.54, 1.807) is 13.8 Å². The van der Waals surface area contributed by atoms with Crippen LogP contribution in [-0.4, -0.2) is 47.3 Å². The fourth-order valence-electron chi connectivity index (χ4n) is 2.37. The summed E-state index contributed by atoms with van der Waals surface area (Å²) in [6, 6.07) is 0.319. The molecule has 0 aliphatic heterocycles. The predicted molar refractivity (Wildman–Crippen MR) is 79.5 cm³/mol. The Morgan fingerprint density at radius 2 is 1.90 bits per heavy atom. The van der Waals surface area contributed by atoms with E-state index in [0.29, 0.717) is 25.4 Å². The topological polar surface area (TPSA) is 98.7 Å². The van der Waals surface area contributed by atoms with E-state index in [1.807, 2.05) is 0 Å². The van der Waals surface area contributed by atoms with Crippen LogP contribution in [0.25, 0.3) is 0 Å². The first kappa shape index (κ1) is 17.9. The van der Waals surface area contributed by atoms with Crippen LogP contribution in [0, 0.1) is 5.41 Å². The number of aliphatic hydroxyl groups excluding tert-OH is 2. The maximum absolute atomic E-state index is 11.7. The minimum absolute atomic E-state index is 0.0207. The Bertz CT molecular complexity index is 352. The molecule has 0 heterocycles. The Labute approximate surface area is 126 Å². The first-order valence-corrected chi connectivity index (χ1v) is 7.73. The summed E-state index contributed by atoms with van der Waals surface area (Å²) < 4.78 is 0. The molecule has 0 aromatic rings. The molecule has 0 unspecified atom stereocenters. The second-order valence-electron chi connectivity index (χ2n) is 6.49. The minimum Gasteiger partial charge on any atom is -0.396 e. The molecule has 1 fully saturated rings. The van der Waals surface area contributed by atoms with Gasteiger partial charge in [0, 0.05) is 24.4 Å². The van der Waals surface area contributed by atoms with Gasteiger partial charge in [0.1, 0.15) is 6.10 Å². The Kier molecular flexibility index (Phi) is 7.11. The lowest BCUT2D eigenvalue weighted by Gasteiger charge is -2.27. The first-order valence-electron chi connectivity index (χ1n) is 7.73. The highest BCUT2D eigenvalue weighted by molar-refractivity contribution is 5.81. The number of aliphatic hydroxyl groups is 2. The molecule has 1 saturated carbocycles. The van der Waals surface area contributed by atoms with Gasteiger partial charge in [0.25, 0.3) is 0 Å². The van der Waals surface area contributed by atoms with Crippen LogP contribution < -0.4 is 10.6 Å². The van der Waals surface area contributed by atoms with Crippen molar-refractivity contribution in [3.8, 4) is 0 Å². The molecule has 6 heteroatoms. The third-order valence-corrected chi connectivity index (χ3v) is 4.00. The van der Waals surface area contributed by atoms with E-state index < -0.39 is 17.4 Å². The van der Waals surface area contributed by atoms with E-state index in [1.165, 1.54) is 12.8 Å². The maximum atomic E-state index is 11.7. The lowest BCUT2D eigenvalue weighted by atomic mass is 9.87. The molecule has 0 bridgehead atoms. The Morgan fingerprint density at radius 1 is 1.29 bits per heavy atom. The highest BCUT2D eigenvalue weighted by Crippen LogP contribution is 2.19. The van der Waals surface area contributed by atoms with E-state index in [-0.39, 0.29) is 12.5 Å². The summed E-state index contributed by atoms with van der Waals surface area (Å²) in [5.41, 5.74) is -0.871. The molecule has 1 aliphatic rings. The van der Waals surface area contributed by atoms with E-state index >= 15 is 0 Å². The van der Waals surface area contributed by atoms with Gasteiger partial charge in [0.15, 0.2) is 0 Å². The summed E-state index contributed by atoms with van der Waals surface area (Å²) in [7, 11) is 0. The summed E-state index contributed by atoms with van der Waals surface area (Å²) in [6.45, 7) is 3.31. The van der Waals surface area contributed by atoms with Gasteiger partial charge in [-0.15, -0.1) is 0 Å². The number of hydrogen-bond donors (Lipinski definition) is 4. The van der Waals surface area contributed by atoms with Crippen molar-refractivity contribution in [2.45, 2.75) is 64.5 Å². The van der Waals surface area contributed by atoms with Gasteiger partial charge < -0.3 is 20.8 Å². The smallest absolute Gasteiger partial charge is 0.249 e. The van der Waals surface area contributed by atoms with Crippen molar-refractivity contribution in [1.82, 2.24) is 10.6 Å². The normalized spacial score (nSPS) is 17.5. The van der Waals surface area contributed by atoms with E-state index in [0.717, 1.165) is 12.8 Å². The second-order valence-corrected chi connectivity index (χ2v) is 6.49. The van der Waals surface area contributed by atoms with Crippen LogP contribution in [0.4, 0.5) is 0 Å². The molecule has 122 valence electrons. The lowest BCUT2D eigenvalue weighted by Crippen LogP contribution is -2.45. The lowest BCUT2D eigenvalue weighted by molar-refractivity contribution is -0.137. The molecule has 1 aliphatic carbocycles. The van der Waals surface area contributed by atoms with Gasteiger partial charge in [-0.05, 0) is 19.3 Å². The average molecular weight is 300 g/mol. The summed E-state index contributed by atoms with van der Waals surface area (Å²) in [6.07, 6.45) is 4.14. The van der Waals surface area contributed by atoms with Gasteiger partial charge in [-0.3, -0.25) is 9.59 Å². The van der Waals surface area contributed by atoms with Gasteiger partial charge in [0.2, 0.25) is 11.8 Å². The molecule has 0 spiro atoms. The van der Waals surface area contributed by atoms with Crippen molar-refractivity contribution in [1.29, 1.82) is 0 Å². The molecular formula is C15H28N2O4. The fourth-order valence-corrected chi connectivity index (χ4v) is 2.37. The molecule has 0 aromatic carbocycles. The number of nitrogens with one attached hydrogen (secondary N) is 2. The van der Waals surface area contributed by atoms with E-state index in [9.17, 15) is 14.7 Å². The van der Waals surface area contributed by atoms with Gasteiger partial charge in [0.05, 0.1) is 6.61 Å². The van der Waals surface area contributed by atoms with Crippen LogP contribution >= 0.6 is 0 Å². The van der Waals surface area contributed by atoms with Crippen molar-refractivity contribution >= 4 is 11.8 Å². The third kappa shape index (κ3) is 6.01. The first-order chi connectivity index (χ1) is 9.86. The van der Waals surface area contributed by atoms with Crippen molar-refractivity contribution in [2.24, 2.45) is 5.41 Å². The highest BCUT2D eigenvalue weighted by atomic mass is 16.3. The number of rotatable bonds is 8. The van der Waals surface area contributed by atoms with Gasteiger partial charge >= 0.3 is 0 Å². The van der Waals surface area contributed by atoms with Crippen LogP contribution in [0.2, 0.25) is 0 Å². The number of amides is 2. The quantitative estimate of drug-likeness (QED) is 0.485. The zero-order valence-corrected chi connectivity index (χ0v) is 13.0. The van der Waals surface area contributed by atoms with Crippen LogP contribution in [0.3, 0.4) is 0 Å². The van der Waals surface area contributed by atoms with Crippen molar-refractivity contribution in [3.05, 3.63) is 0 Å². The molecule has 1 rings (SSSR count). The molecule has 21 heavy (non-hydrogen) atoms. The number of hydrogen-bond acceptors (Lipinski definition) is 4. The predicted octanol–water partition coefficient (Wildman–Crippen LogP) is 0.321. The number of carbonyl (C=O) groups excluding carboxylic acids is 2. The van der Waals surface area contributed by atoms with Gasteiger partial charge in [-0.2, -0.15) is 0 Å². The molecular weight excluding hydrogens is 272 g/mol. The molecule has 0 aromatic heterocycles. The standard InChI is InChI=1S/C15H28N2O4/c1-15(2,10-18)13(20)14(21)16-9-5-8-12(19)17-11-6-3-4-7-11/h11,13,18,20H,3-10H2,1-2H3,(H,16,21)(H,17,19)/t13-/m0/s1. The highest BCUT2D eigenvalue weighted by Gasteiger charge is 2.32. The second kappa shape index (κ2) is 8.34. The van der Waals surface area contributed by atoms with E-state index in [2.05, 4.69) is 10.6 Å². The fraction of sp³-hybridized carbons (Fsp3) is 0.867.